The Kier molecular flexibility index (Phi) is 3.25. The topological polar surface area (TPSA) is 56.9 Å². The molecule has 4 nitrogen and oxygen atoms in total. The first kappa shape index (κ1) is 12.2. The quantitative estimate of drug-likeness (QED) is 0.765. The van der Waals surface area contributed by atoms with Gasteiger partial charge in [-0.05, 0) is 31.4 Å². The normalized spacial score (nSPS) is 14.8. The van der Waals surface area contributed by atoms with Crippen molar-refractivity contribution in [2.45, 2.75) is 32.4 Å². The van der Waals surface area contributed by atoms with E-state index in [0.29, 0.717) is 19.1 Å². The average Bonchev–Trinajstić information content (AvgIpc) is 3.17. The van der Waals surface area contributed by atoms with Crippen molar-refractivity contribution in [3.63, 3.8) is 0 Å². The van der Waals surface area contributed by atoms with Gasteiger partial charge in [-0.3, -0.25) is 4.79 Å². The Labute approximate surface area is 112 Å². The number of fused-ring (bicyclic) bond motifs is 1. The molecule has 1 aromatic heterocycles. The van der Waals surface area contributed by atoms with Crippen LogP contribution in [0.5, 0.6) is 0 Å². The van der Waals surface area contributed by atoms with E-state index in [1.165, 1.54) is 23.8 Å². The van der Waals surface area contributed by atoms with E-state index in [1.807, 2.05) is 19.1 Å². The third-order valence-electron chi connectivity index (χ3n) is 3.62. The summed E-state index contributed by atoms with van der Waals surface area (Å²) in [7, 11) is 0. The summed E-state index contributed by atoms with van der Waals surface area (Å²) in [5, 5.41) is 7.39. The first-order valence-electron chi connectivity index (χ1n) is 6.80. The van der Waals surface area contributed by atoms with Crippen LogP contribution in [0.25, 0.3) is 10.9 Å². The lowest BCUT2D eigenvalue weighted by atomic mass is 10.1. The second-order valence-corrected chi connectivity index (χ2v) is 5.21. The number of para-hydroxylation sites is 1. The monoisotopic (exact) mass is 257 g/mol. The molecule has 3 rings (SSSR count). The van der Waals surface area contributed by atoms with E-state index in [-0.39, 0.29) is 5.91 Å². The Balaban J connectivity index is 1.63. The van der Waals surface area contributed by atoms with Crippen LogP contribution in [0.4, 0.5) is 0 Å². The fourth-order valence-electron chi connectivity index (χ4n) is 2.34. The molecule has 0 spiro atoms. The van der Waals surface area contributed by atoms with Crippen molar-refractivity contribution in [3.8, 4) is 0 Å². The van der Waals surface area contributed by atoms with Crippen molar-refractivity contribution in [3.05, 3.63) is 35.5 Å². The molecule has 1 aliphatic carbocycles. The number of aryl methyl sites for hydroxylation is 1. The van der Waals surface area contributed by atoms with Crippen LogP contribution in [0, 0.1) is 6.92 Å². The van der Waals surface area contributed by atoms with Crippen molar-refractivity contribution < 1.29 is 4.79 Å². The van der Waals surface area contributed by atoms with Gasteiger partial charge in [0.05, 0.1) is 6.54 Å². The van der Waals surface area contributed by atoms with Gasteiger partial charge in [0, 0.05) is 29.2 Å². The number of nitrogens with one attached hydrogen (secondary N) is 3. The summed E-state index contributed by atoms with van der Waals surface area (Å²) in [5.74, 6) is 0.0663. The highest BCUT2D eigenvalue weighted by atomic mass is 16.1. The zero-order chi connectivity index (χ0) is 13.2. The van der Waals surface area contributed by atoms with Gasteiger partial charge >= 0.3 is 0 Å². The highest BCUT2D eigenvalue weighted by molar-refractivity contribution is 5.85. The molecule has 0 aliphatic heterocycles. The van der Waals surface area contributed by atoms with Gasteiger partial charge in [0.25, 0.3) is 0 Å². The Morgan fingerprint density at radius 1 is 1.37 bits per heavy atom. The average molecular weight is 257 g/mol. The SMILES string of the molecule is Cc1[nH]c2ccccc2c1CNC(=O)CNC1CC1. The van der Waals surface area contributed by atoms with E-state index in [1.54, 1.807) is 0 Å². The molecule has 2 aromatic rings. The van der Waals surface area contributed by atoms with Crippen LogP contribution in [-0.4, -0.2) is 23.5 Å². The molecule has 1 amide bonds. The van der Waals surface area contributed by atoms with E-state index >= 15 is 0 Å². The minimum Gasteiger partial charge on any atom is -0.358 e. The number of carbonyl (C=O) groups is 1. The fourth-order valence-corrected chi connectivity index (χ4v) is 2.34. The Morgan fingerprint density at radius 3 is 2.95 bits per heavy atom. The first-order valence-corrected chi connectivity index (χ1v) is 6.80. The second kappa shape index (κ2) is 5.05. The van der Waals surface area contributed by atoms with Crippen LogP contribution in [-0.2, 0) is 11.3 Å². The molecule has 100 valence electrons. The number of amides is 1. The number of H-pyrrole nitrogens is 1. The number of hydrogen-bond donors (Lipinski definition) is 3. The number of benzene rings is 1. The summed E-state index contributed by atoms with van der Waals surface area (Å²) in [6.07, 6.45) is 2.41. The Hall–Kier alpha value is -1.81. The molecule has 0 bridgehead atoms. The maximum absolute atomic E-state index is 11.7. The van der Waals surface area contributed by atoms with Crippen LogP contribution in [0.1, 0.15) is 24.1 Å². The zero-order valence-electron chi connectivity index (χ0n) is 11.1. The number of aromatic amines is 1. The lowest BCUT2D eigenvalue weighted by Crippen LogP contribution is -2.34. The Morgan fingerprint density at radius 2 is 2.16 bits per heavy atom. The number of rotatable bonds is 5. The molecular weight excluding hydrogens is 238 g/mol. The van der Waals surface area contributed by atoms with Gasteiger partial charge < -0.3 is 15.6 Å². The van der Waals surface area contributed by atoms with Gasteiger partial charge in [0.1, 0.15) is 0 Å². The van der Waals surface area contributed by atoms with Crippen LogP contribution in [0.3, 0.4) is 0 Å². The van der Waals surface area contributed by atoms with Crippen molar-refractivity contribution in [1.29, 1.82) is 0 Å². The molecule has 1 fully saturated rings. The lowest BCUT2D eigenvalue weighted by molar-refractivity contribution is -0.120. The standard InChI is InChI=1S/C15H19N3O/c1-10-13(12-4-2-3-5-14(12)18-10)8-17-15(19)9-16-11-6-7-11/h2-5,11,16,18H,6-9H2,1H3,(H,17,19). The summed E-state index contributed by atoms with van der Waals surface area (Å²) in [4.78, 5) is 15.1. The van der Waals surface area contributed by atoms with E-state index in [2.05, 4.69) is 27.8 Å². The molecular formula is C15H19N3O. The van der Waals surface area contributed by atoms with Crippen molar-refractivity contribution >= 4 is 16.8 Å². The molecule has 0 saturated heterocycles. The van der Waals surface area contributed by atoms with Crippen LogP contribution >= 0.6 is 0 Å². The predicted octanol–water partition coefficient (Wildman–Crippen LogP) is 1.84. The molecule has 1 aliphatic rings. The minimum absolute atomic E-state index is 0.0663. The van der Waals surface area contributed by atoms with Crippen LogP contribution in [0.2, 0.25) is 0 Å². The van der Waals surface area contributed by atoms with Gasteiger partial charge in [-0.15, -0.1) is 0 Å². The molecule has 1 aromatic carbocycles. The summed E-state index contributed by atoms with van der Waals surface area (Å²) in [5.41, 5.74) is 3.42. The van der Waals surface area contributed by atoms with Gasteiger partial charge in [-0.25, -0.2) is 0 Å². The molecule has 1 saturated carbocycles. The van der Waals surface area contributed by atoms with E-state index in [4.69, 9.17) is 0 Å². The van der Waals surface area contributed by atoms with Gasteiger partial charge in [0.15, 0.2) is 0 Å². The summed E-state index contributed by atoms with van der Waals surface area (Å²) in [6, 6.07) is 8.75. The third-order valence-corrected chi connectivity index (χ3v) is 3.62. The summed E-state index contributed by atoms with van der Waals surface area (Å²) >= 11 is 0. The van der Waals surface area contributed by atoms with Gasteiger partial charge in [0.2, 0.25) is 5.91 Å². The molecule has 1 heterocycles. The van der Waals surface area contributed by atoms with Crippen LogP contribution in [0.15, 0.2) is 24.3 Å². The largest absolute Gasteiger partial charge is 0.358 e. The third kappa shape index (κ3) is 2.79. The Bertz CT molecular complexity index is 598. The van der Waals surface area contributed by atoms with E-state index < -0.39 is 0 Å². The minimum atomic E-state index is 0.0663. The maximum Gasteiger partial charge on any atom is 0.234 e. The van der Waals surface area contributed by atoms with Gasteiger partial charge in [-0.1, -0.05) is 18.2 Å². The van der Waals surface area contributed by atoms with Gasteiger partial charge in [-0.2, -0.15) is 0 Å². The molecule has 4 heteroatoms. The van der Waals surface area contributed by atoms with Crippen molar-refractivity contribution in [2.75, 3.05) is 6.54 Å². The van der Waals surface area contributed by atoms with Crippen molar-refractivity contribution in [2.24, 2.45) is 0 Å². The molecule has 3 N–H and O–H groups in total. The van der Waals surface area contributed by atoms with Crippen molar-refractivity contribution in [1.82, 2.24) is 15.6 Å². The molecule has 19 heavy (non-hydrogen) atoms. The second-order valence-electron chi connectivity index (χ2n) is 5.21. The lowest BCUT2D eigenvalue weighted by Gasteiger charge is -2.06. The summed E-state index contributed by atoms with van der Waals surface area (Å²) in [6.45, 7) is 3.05. The maximum atomic E-state index is 11.7. The number of carbonyl (C=O) groups excluding carboxylic acids is 1. The summed E-state index contributed by atoms with van der Waals surface area (Å²) < 4.78 is 0. The first-order chi connectivity index (χ1) is 9.24. The molecule has 0 radical (unpaired) electrons. The molecule has 0 unspecified atom stereocenters. The van der Waals surface area contributed by atoms with E-state index in [0.717, 1.165) is 11.2 Å². The number of hydrogen-bond acceptors (Lipinski definition) is 2. The highest BCUT2D eigenvalue weighted by Gasteiger charge is 2.21. The number of aromatic nitrogens is 1. The van der Waals surface area contributed by atoms with E-state index in [9.17, 15) is 4.79 Å². The highest BCUT2D eigenvalue weighted by Crippen LogP contribution is 2.21. The van der Waals surface area contributed by atoms with Crippen LogP contribution < -0.4 is 10.6 Å². The predicted molar refractivity (Wildman–Crippen MR) is 75.9 cm³/mol. The smallest absolute Gasteiger partial charge is 0.234 e. The fraction of sp³-hybridized carbons (Fsp3) is 0.400. The zero-order valence-corrected chi connectivity index (χ0v) is 11.1. The molecule has 0 atom stereocenters.